The minimum atomic E-state index is -1.02. The Kier molecular flexibility index (Phi) is 7.43. The van der Waals surface area contributed by atoms with Crippen LogP contribution in [-0.2, 0) is 15.6 Å². The summed E-state index contributed by atoms with van der Waals surface area (Å²) in [4.78, 5) is 19.0. The van der Waals surface area contributed by atoms with Crippen molar-refractivity contribution >= 4 is 22.7 Å². The lowest BCUT2D eigenvalue weighted by Crippen LogP contribution is -2.46. The van der Waals surface area contributed by atoms with Crippen molar-refractivity contribution in [3.63, 3.8) is 0 Å². The fourth-order valence-electron chi connectivity index (χ4n) is 2.78. The Morgan fingerprint density at radius 3 is 2.72 bits per heavy atom. The number of amides is 1. The van der Waals surface area contributed by atoms with E-state index in [1.165, 1.54) is 0 Å². The lowest BCUT2D eigenvalue weighted by atomic mass is 10.2. The fraction of sp³-hybridized carbons (Fsp3) is 0.556. The van der Waals surface area contributed by atoms with E-state index in [-0.39, 0.29) is 17.9 Å². The van der Waals surface area contributed by atoms with E-state index < -0.39 is 10.8 Å². The number of hydrogen-bond donors (Lipinski definition) is 2. The molecular formula is C18H28N4O2S. The molecule has 0 aromatic heterocycles. The van der Waals surface area contributed by atoms with Gasteiger partial charge in [-0.3, -0.25) is 14.0 Å². The van der Waals surface area contributed by atoms with E-state index >= 15 is 0 Å². The van der Waals surface area contributed by atoms with Crippen LogP contribution in [0.15, 0.2) is 40.2 Å². The predicted molar refractivity (Wildman–Crippen MR) is 102 cm³/mol. The number of hydrogen-bond acceptors (Lipinski definition) is 3. The maximum Gasteiger partial charge on any atom is 0.225 e. The third kappa shape index (κ3) is 5.85. The maximum absolute atomic E-state index is 12.2. The molecule has 0 radical (unpaired) electrons. The zero-order chi connectivity index (χ0) is 18.2. The number of aliphatic imine (C=N–C) groups is 1. The zero-order valence-corrected chi connectivity index (χ0v) is 16.0. The summed E-state index contributed by atoms with van der Waals surface area (Å²) in [5.74, 6) is 1.44. The summed E-state index contributed by atoms with van der Waals surface area (Å²) in [5, 5.41) is 6.56. The van der Waals surface area contributed by atoms with Gasteiger partial charge in [0.25, 0.3) is 0 Å². The number of carbonyl (C=O) groups is 1. The maximum atomic E-state index is 12.2. The van der Waals surface area contributed by atoms with Crippen molar-refractivity contribution in [2.24, 2.45) is 10.9 Å². The van der Waals surface area contributed by atoms with Crippen molar-refractivity contribution in [2.45, 2.75) is 31.2 Å². The molecule has 1 aliphatic rings. The molecule has 0 aliphatic carbocycles. The zero-order valence-electron chi connectivity index (χ0n) is 15.2. The standard InChI is InChI=1S/C18H28N4O2S/c1-14(2)17(23)22-11-9-15(13-22)21-18(19-3)20-10-12-25(24)16-7-5-4-6-8-16/h4-8,14-15H,9-13H2,1-3H3,(H2,19,20,21). The summed E-state index contributed by atoms with van der Waals surface area (Å²) >= 11 is 0. The number of guanidine groups is 1. The first-order chi connectivity index (χ1) is 12.0. The van der Waals surface area contributed by atoms with Crippen LogP contribution < -0.4 is 10.6 Å². The second kappa shape index (κ2) is 9.56. The normalized spacial score (nSPS) is 19.1. The van der Waals surface area contributed by atoms with Crippen molar-refractivity contribution in [1.82, 2.24) is 15.5 Å². The molecule has 1 fully saturated rings. The van der Waals surface area contributed by atoms with E-state index in [1.807, 2.05) is 49.1 Å². The smallest absolute Gasteiger partial charge is 0.225 e. The van der Waals surface area contributed by atoms with Crippen LogP contribution in [0, 0.1) is 5.92 Å². The molecule has 0 saturated carbocycles. The highest BCUT2D eigenvalue weighted by Gasteiger charge is 2.27. The molecule has 1 saturated heterocycles. The Labute approximate surface area is 152 Å². The van der Waals surface area contributed by atoms with Crippen LogP contribution in [0.3, 0.4) is 0 Å². The molecule has 0 spiro atoms. The molecule has 2 atom stereocenters. The molecule has 1 aliphatic heterocycles. The summed E-state index contributed by atoms with van der Waals surface area (Å²) in [5.41, 5.74) is 0. The van der Waals surface area contributed by atoms with Crippen LogP contribution in [0.25, 0.3) is 0 Å². The van der Waals surface area contributed by atoms with Crippen LogP contribution in [-0.4, -0.2) is 59.5 Å². The van der Waals surface area contributed by atoms with Crippen LogP contribution in [0.2, 0.25) is 0 Å². The first kappa shape index (κ1) is 19.4. The molecule has 1 aromatic rings. The quantitative estimate of drug-likeness (QED) is 0.588. The first-order valence-electron chi connectivity index (χ1n) is 8.70. The molecule has 6 nitrogen and oxygen atoms in total. The number of nitrogens with zero attached hydrogens (tertiary/aromatic N) is 2. The van der Waals surface area contributed by atoms with Gasteiger partial charge in [0.15, 0.2) is 5.96 Å². The topological polar surface area (TPSA) is 73.8 Å². The summed E-state index contributed by atoms with van der Waals surface area (Å²) in [7, 11) is 0.697. The number of nitrogens with one attached hydrogen (secondary N) is 2. The van der Waals surface area contributed by atoms with Crippen LogP contribution >= 0.6 is 0 Å². The Morgan fingerprint density at radius 1 is 1.36 bits per heavy atom. The largest absolute Gasteiger partial charge is 0.355 e. The number of benzene rings is 1. The number of likely N-dealkylation sites (tertiary alicyclic amines) is 1. The van der Waals surface area contributed by atoms with Gasteiger partial charge in [0, 0.05) is 49.3 Å². The monoisotopic (exact) mass is 364 g/mol. The summed E-state index contributed by atoms with van der Waals surface area (Å²) in [6.07, 6.45) is 0.912. The summed E-state index contributed by atoms with van der Waals surface area (Å²) in [6.45, 7) is 5.91. The van der Waals surface area contributed by atoms with E-state index in [4.69, 9.17) is 0 Å². The van der Waals surface area contributed by atoms with Gasteiger partial charge < -0.3 is 15.5 Å². The van der Waals surface area contributed by atoms with Gasteiger partial charge >= 0.3 is 0 Å². The lowest BCUT2D eigenvalue weighted by molar-refractivity contribution is -0.133. The molecular weight excluding hydrogens is 336 g/mol. The van der Waals surface area contributed by atoms with Crippen molar-refractivity contribution in [1.29, 1.82) is 0 Å². The highest BCUT2D eigenvalue weighted by molar-refractivity contribution is 7.85. The highest BCUT2D eigenvalue weighted by atomic mass is 32.2. The molecule has 1 amide bonds. The minimum absolute atomic E-state index is 0.0316. The van der Waals surface area contributed by atoms with Gasteiger partial charge in [0.2, 0.25) is 5.91 Å². The Morgan fingerprint density at radius 2 is 2.08 bits per heavy atom. The van der Waals surface area contributed by atoms with Gasteiger partial charge in [-0.2, -0.15) is 0 Å². The first-order valence-corrected chi connectivity index (χ1v) is 10.0. The highest BCUT2D eigenvalue weighted by Crippen LogP contribution is 2.12. The Hall–Kier alpha value is -1.89. The van der Waals surface area contributed by atoms with Crippen LogP contribution in [0.4, 0.5) is 0 Å². The van der Waals surface area contributed by atoms with E-state index in [1.54, 1.807) is 7.05 Å². The molecule has 2 N–H and O–H groups in total. The van der Waals surface area contributed by atoms with Crippen molar-refractivity contribution in [2.75, 3.05) is 32.4 Å². The predicted octanol–water partition coefficient (Wildman–Crippen LogP) is 1.22. The fourth-order valence-corrected chi connectivity index (χ4v) is 3.77. The summed E-state index contributed by atoms with van der Waals surface area (Å²) in [6, 6.07) is 9.66. The average molecular weight is 365 g/mol. The Bertz CT molecular complexity index is 619. The summed E-state index contributed by atoms with van der Waals surface area (Å²) < 4.78 is 12.2. The third-order valence-corrected chi connectivity index (χ3v) is 5.52. The van der Waals surface area contributed by atoms with Crippen molar-refractivity contribution in [3.8, 4) is 0 Å². The van der Waals surface area contributed by atoms with Gasteiger partial charge in [-0.05, 0) is 18.6 Å². The lowest BCUT2D eigenvalue weighted by Gasteiger charge is -2.20. The van der Waals surface area contributed by atoms with Crippen LogP contribution in [0.1, 0.15) is 20.3 Å². The minimum Gasteiger partial charge on any atom is -0.355 e. The second-order valence-electron chi connectivity index (χ2n) is 6.43. The van der Waals surface area contributed by atoms with E-state index in [2.05, 4.69) is 15.6 Å². The molecule has 0 bridgehead atoms. The van der Waals surface area contributed by atoms with Gasteiger partial charge in [-0.1, -0.05) is 32.0 Å². The molecule has 1 heterocycles. The van der Waals surface area contributed by atoms with E-state index in [0.717, 1.165) is 17.9 Å². The SMILES string of the molecule is CN=C(NCCS(=O)c1ccccc1)NC1CCN(C(=O)C(C)C)C1. The Balaban J connectivity index is 1.74. The molecule has 25 heavy (non-hydrogen) atoms. The third-order valence-electron chi connectivity index (χ3n) is 4.14. The van der Waals surface area contributed by atoms with Gasteiger partial charge in [0.05, 0.1) is 10.8 Å². The van der Waals surface area contributed by atoms with Gasteiger partial charge in [-0.15, -0.1) is 0 Å². The van der Waals surface area contributed by atoms with Gasteiger partial charge in [0.1, 0.15) is 0 Å². The van der Waals surface area contributed by atoms with Crippen molar-refractivity contribution in [3.05, 3.63) is 30.3 Å². The van der Waals surface area contributed by atoms with Gasteiger partial charge in [-0.25, -0.2) is 0 Å². The van der Waals surface area contributed by atoms with E-state index in [9.17, 15) is 9.00 Å². The molecule has 2 rings (SSSR count). The van der Waals surface area contributed by atoms with Crippen molar-refractivity contribution < 1.29 is 9.00 Å². The second-order valence-corrected chi connectivity index (χ2v) is 8.00. The van der Waals surface area contributed by atoms with Crippen LogP contribution in [0.5, 0.6) is 0 Å². The molecule has 138 valence electrons. The molecule has 2 unspecified atom stereocenters. The number of carbonyl (C=O) groups excluding carboxylic acids is 1. The molecule has 1 aromatic carbocycles. The average Bonchev–Trinajstić information content (AvgIpc) is 3.09. The molecule has 7 heteroatoms. The van der Waals surface area contributed by atoms with E-state index in [0.29, 0.717) is 24.8 Å². The number of rotatable bonds is 6.